The third-order valence-electron chi connectivity index (χ3n) is 5.82. The zero-order chi connectivity index (χ0) is 24.2. The second-order valence-electron chi connectivity index (χ2n) is 8.33. The Labute approximate surface area is 204 Å². The maximum Gasteiger partial charge on any atom is 0.231 e. The molecule has 5 rings (SSSR count). The molecular weight excluding hydrogens is 440 g/mol. The lowest BCUT2D eigenvalue weighted by Gasteiger charge is -2.26. The van der Waals surface area contributed by atoms with Gasteiger partial charge >= 0.3 is 0 Å². The fourth-order valence-corrected chi connectivity index (χ4v) is 3.98. The molecule has 0 atom stereocenters. The molecule has 1 fully saturated rings. The van der Waals surface area contributed by atoms with E-state index < -0.39 is 0 Å². The third-order valence-corrected chi connectivity index (χ3v) is 5.82. The third kappa shape index (κ3) is 5.16. The number of nitrogens with zero attached hydrogens (tertiary/aromatic N) is 5. The van der Waals surface area contributed by atoms with Crippen molar-refractivity contribution in [1.82, 2.24) is 24.4 Å². The lowest BCUT2D eigenvalue weighted by atomic mass is 10.2. The van der Waals surface area contributed by atoms with E-state index in [-0.39, 0.29) is 0 Å². The van der Waals surface area contributed by atoms with Crippen LogP contribution < -0.4 is 16.4 Å². The van der Waals surface area contributed by atoms with Gasteiger partial charge in [-0.05, 0) is 42.0 Å². The second kappa shape index (κ2) is 9.96. The molecule has 0 radical (unpaired) electrons. The van der Waals surface area contributed by atoms with Gasteiger partial charge in [0.25, 0.3) is 0 Å². The fourth-order valence-electron chi connectivity index (χ4n) is 3.98. The normalized spacial score (nSPS) is 14.1. The molecule has 1 saturated heterocycles. The van der Waals surface area contributed by atoms with E-state index >= 15 is 0 Å². The summed E-state index contributed by atoms with van der Waals surface area (Å²) in [5.74, 6) is 0.724. The van der Waals surface area contributed by atoms with Gasteiger partial charge in [0.2, 0.25) is 5.95 Å². The number of allylic oxidation sites excluding steroid dienone is 1. The number of ether oxygens (including phenoxy) is 1. The van der Waals surface area contributed by atoms with Gasteiger partial charge in [-0.3, -0.25) is 9.47 Å². The van der Waals surface area contributed by atoms with Crippen molar-refractivity contribution in [3.8, 4) is 5.69 Å². The van der Waals surface area contributed by atoms with E-state index in [1.807, 2.05) is 41.0 Å². The summed E-state index contributed by atoms with van der Waals surface area (Å²) in [6, 6.07) is 16.1. The Morgan fingerprint density at radius 2 is 1.89 bits per heavy atom. The number of hydrogen-bond acceptors (Lipinski definition) is 8. The first-order valence-corrected chi connectivity index (χ1v) is 11.4. The van der Waals surface area contributed by atoms with Crippen LogP contribution in [0.3, 0.4) is 0 Å². The van der Waals surface area contributed by atoms with Gasteiger partial charge in [-0.25, -0.2) is 4.98 Å². The number of benzene rings is 2. The summed E-state index contributed by atoms with van der Waals surface area (Å²) in [5, 5.41) is 6.47. The Kier molecular flexibility index (Phi) is 6.42. The van der Waals surface area contributed by atoms with Crippen LogP contribution >= 0.6 is 0 Å². The number of morpholine rings is 1. The highest BCUT2D eigenvalue weighted by atomic mass is 16.5. The number of nitrogens with one attached hydrogen (secondary N) is 2. The van der Waals surface area contributed by atoms with Crippen LogP contribution in [0, 0.1) is 0 Å². The van der Waals surface area contributed by atoms with Gasteiger partial charge in [0.05, 0.1) is 18.9 Å². The van der Waals surface area contributed by atoms with Gasteiger partial charge in [-0.1, -0.05) is 31.4 Å². The Hall–Kier alpha value is -4.21. The molecule has 0 bridgehead atoms. The molecule has 0 amide bonds. The Balaban J connectivity index is 1.37. The summed E-state index contributed by atoms with van der Waals surface area (Å²) >= 11 is 0. The Morgan fingerprint density at radius 1 is 1.09 bits per heavy atom. The summed E-state index contributed by atoms with van der Waals surface area (Å²) in [6.45, 7) is 12.1. The molecule has 0 spiro atoms. The Bertz CT molecular complexity index is 1360. The number of anilines is 4. The molecule has 4 N–H and O–H groups in total. The smallest absolute Gasteiger partial charge is 0.231 e. The predicted octanol–water partition coefficient (Wildman–Crippen LogP) is 4.09. The SMILES string of the molecule is C=CC(=C)Nc1cccc(-n2cnc3c(N)nc(Nc4ccc(CN5CCOCC5)cc4)nc32)c1. The summed E-state index contributed by atoms with van der Waals surface area (Å²) in [6.07, 6.45) is 3.36. The van der Waals surface area contributed by atoms with E-state index in [0.29, 0.717) is 28.6 Å². The number of nitrogens with two attached hydrogens (primary N) is 1. The van der Waals surface area contributed by atoms with Gasteiger partial charge in [0.15, 0.2) is 17.0 Å². The quantitative estimate of drug-likeness (QED) is 0.332. The van der Waals surface area contributed by atoms with Crippen molar-refractivity contribution in [2.45, 2.75) is 6.54 Å². The van der Waals surface area contributed by atoms with Crippen LogP contribution in [0.5, 0.6) is 0 Å². The highest BCUT2D eigenvalue weighted by Crippen LogP contribution is 2.25. The van der Waals surface area contributed by atoms with E-state index in [0.717, 1.165) is 49.9 Å². The van der Waals surface area contributed by atoms with E-state index in [1.165, 1.54) is 5.56 Å². The maximum absolute atomic E-state index is 6.23. The number of imidazole rings is 1. The van der Waals surface area contributed by atoms with Crippen LogP contribution in [0.2, 0.25) is 0 Å². The largest absolute Gasteiger partial charge is 0.382 e. The molecule has 1 aliphatic rings. The van der Waals surface area contributed by atoms with E-state index in [2.05, 4.69) is 50.8 Å². The predicted molar refractivity (Wildman–Crippen MR) is 140 cm³/mol. The summed E-state index contributed by atoms with van der Waals surface area (Å²) in [4.78, 5) is 15.9. The topological polar surface area (TPSA) is 106 Å². The van der Waals surface area contributed by atoms with Crippen molar-refractivity contribution in [2.24, 2.45) is 0 Å². The van der Waals surface area contributed by atoms with Gasteiger partial charge in [0, 0.05) is 36.7 Å². The van der Waals surface area contributed by atoms with Crippen molar-refractivity contribution < 1.29 is 4.74 Å². The number of aromatic nitrogens is 4. The highest BCUT2D eigenvalue weighted by Gasteiger charge is 2.14. The van der Waals surface area contributed by atoms with Crippen LogP contribution in [-0.4, -0.2) is 50.7 Å². The van der Waals surface area contributed by atoms with Gasteiger partial charge < -0.3 is 21.1 Å². The molecule has 0 aliphatic carbocycles. The minimum absolute atomic E-state index is 0.314. The number of fused-ring (bicyclic) bond motifs is 1. The molecule has 35 heavy (non-hydrogen) atoms. The molecule has 0 unspecified atom stereocenters. The monoisotopic (exact) mass is 468 g/mol. The zero-order valence-electron chi connectivity index (χ0n) is 19.4. The highest BCUT2D eigenvalue weighted by molar-refractivity contribution is 5.84. The number of hydrogen-bond donors (Lipinski definition) is 3. The molecule has 9 heteroatoms. The van der Waals surface area contributed by atoms with E-state index in [1.54, 1.807) is 12.4 Å². The second-order valence-corrected chi connectivity index (χ2v) is 8.33. The lowest BCUT2D eigenvalue weighted by molar-refractivity contribution is 0.0342. The van der Waals surface area contributed by atoms with Crippen molar-refractivity contribution >= 4 is 34.3 Å². The van der Waals surface area contributed by atoms with Gasteiger partial charge in [-0.2, -0.15) is 9.97 Å². The minimum atomic E-state index is 0.314. The summed E-state index contributed by atoms with van der Waals surface area (Å²) < 4.78 is 7.31. The molecular formula is C26H28N8O. The maximum atomic E-state index is 6.23. The molecule has 4 aromatic rings. The lowest BCUT2D eigenvalue weighted by Crippen LogP contribution is -2.35. The van der Waals surface area contributed by atoms with Crippen molar-refractivity contribution in [1.29, 1.82) is 0 Å². The first-order valence-electron chi connectivity index (χ1n) is 11.4. The molecule has 0 saturated carbocycles. The van der Waals surface area contributed by atoms with Crippen LogP contribution in [-0.2, 0) is 11.3 Å². The van der Waals surface area contributed by atoms with Crippen LogP contribution in [0.4, 0.5) is 23.1 Å². The van der Waals surface area contributed by atoms with Crippen molar-refractivity contribution in [2.75, 3.05) is 42.7 Å². The average Bonchev–Trinajstić information content (AvgIpc) is 3.31. The molecule has 2 aromatic heterocycles. The zero-order valence-corrected chi connectivity index (χ0v) is 19.4. The Morgan fingerprint density at radius 3 is 2.66 bits per heavy atom. The average molecular weight is 469 g/mol. The van der Waals surface area contributed by atoms with Gasteiger partial charge in [0.1, 0.15) is 6.33 Å². The first kappa shape index (κ1) is 22.6. The standard InChI is InChI=1S/C26H28N8O/c1-3-18(2)29-21-5-4-6-22(15-21)34-17-28-23-24(27)31-26(32-25(23)34)30-20-9-7-19(8-10-20)16-33-11-13-35-14-12-33/h3-10,15,17,29H,1-2,11-14,16H2,(H3,27,30,31,32). The van der Waals surface area contributed by atoms with E-state index in [9.17, 15) is 0 Å². The number of rotatable bonds is 8. The summed E-state index contributed by atoms with van der Waals surface area (Å²) in [7, 11) is 0. The van der Waals surface area contributed by atoms with Crippen molar-refractivity contribution in [3.63, 3.8) is 0 Å². The van der Waals surface area contributed by atoms with Gasteiger partial charge in [-0.15, -0.1) is 0 Å². The minimum Gasteiger partial charge on any atom is -0.382 e. The van der Waals surface area contributed by atoms with E-state index in [4.69, 9.17) is 15.5 Å². The molecule has 9 nitrogen and oxygen atoms in total. The van der Waals surface area contributed by atoms with Crippen LogP contribution in [0.25, 0.3) is 16.9 Å². The molecule has 2 aromatic carbocycles. The number of nitrogen functional groups attached to an aromatic ring is 1. The van der Waals surface area contributed by atoms with Crippen LogP contribution in [0.15, 0.2) is 79.8 Å². The van der Waals surface area contributed by atoms with Crippen LogP contribution in [0.1, 0.15) is 5.56 Å². The fraction of sp³-hybridized carbons (Fsp3) is 0.192. The van der Waals surface area contributed by atoms with Crippen molar-refractivity contribution in [3.05, 3.63) is 85.4 Å². The first-order chi connectivity index (χ1) is 17.1. The molecule has 3 heterocycles. The summed E-state index contributed by atoms with van der Waals surface area (Å²) in [5.41, 5.74) is 12.0. The molecule has 178 valence electrons. The molecule has 1 aliphatic heterocycles.